The fourth-order valence-electron chi connectivity index (χ4n) is 2.72. The van der Waals surface area contributed by atoms with E-state index in [-0.39, 0.29) is 0 Å². The molecule has 2 rings (SSSR count). The highest BCUT2D eigenvalue weighted by Crippen LogP contribution is 2.22. The van der Waals surface area contributed by atoms with E-state index in [1.807, 2.05) is 0 Å². The van der Waals surface area contributed by atoms with Crippen LogP contribution in [-0.2, 0) is 6.42 Å². The van der Waals surface area contributed by atoms with Crippen molar-refractivity contribution in [3.8, 4) is 0 Å². The summed E-state index contributed by atoms with van der Waals surface area (Å²) in [5.41, 5.74) is 2.87. The molecule has 1 N–H and O–H groups in total. The van der Waals surface area contributed by atoms with E-state index < -0.39 is 0 Å². The molecule has 0 fully saturated rings. The molecule has 0 amide bonds. The third-order valence-electron chi connectivity index (χ3n) is 3.74. The fourth-order valence-corrected chi connectivity index (χ4v) is 3.35. The Kier molecular flexibility index (Phi) is 6.05. The van der Waals surface area contributed by atoms with E-state index >= 15 is 0 Å². The molecule has 0 aromatic carbocycles. The van der Waals surface area contributed by atoms with Crippen molar-refractivity contribution in [2.45, 2.75) is 64.8 Å². The maximum atomic E-state index is 4.63. The number of aromatic nitrogens is 1. The van der Waals surface area contributed by atoms with E-state index in [1.165, 1.54) is 49.2 Å². The Bertz CT molecular complexity index is 409. The molecule has 0 radical (unpaired) electrons. The fraction of sp³-hybridized carbons (Fsp3) is 0.688. The minimum Gasteiger partial charge on any atom is -0.310 e. The van der Waals surface area contributed by atoms with Crippen molar-refractivity contribution < 1.29 is 0 Å². The molecule has 1 heterocycles. The van der Waals surface area contributed by atoms with Crippen LogP contribution in [0.15, 0.2) is 17.0 Å². The van der Waals surface area contributed by atoms with Gasteiger partial charge in [-0.1, -0.05) is 25.0 Å². The van der Waals surface area contributed by atoms with E-state index in [9.17, 15) is 0 Å². The van der Waals surface area contributed by atoms with Crippen molar-refractivity contribution in [3.05, 3.63) is 27.7 Å². The zero-order valence-corrected chi connectivity index (χ0v) is 13.1. The summed E-state index contributed by atoms with van der Waals surface area (Å²) in [6.07, 6.45) is 11.4. The van der Waals surface area contributed by atoms with E-state index in [2.05, 4.69) is 35.6 Å². The van der Waals surface area contributed by atoms with Crippen molar-refractivity contribution in [1.82, 2.24) is 10.3 Å². The molecule has 1 aromatic heterocycles. The van der Waals surface area contributed by atoms with Crippen LogP contribution >= 0.6 is 11.3 Å². The van der Waals surface area contributed by atoms with E-state index in [0.717, 1.165) is 13.0 Å². The van der Waals surface area contributed by atoms with Gasteiger partial charge in [-0.05, 0) is 45.6 Å². The van der Waals surface area contributed by atoms with Gasteiger partial charge in [-0.2, -0.15) is 0 Å². The summed E-state index contributed by atoms with van der Waals surface area (Å²) in [5, 5.41) is 7.12. The normalized spacial score (nSPS) is 17.9. The first-order chi connectivity index (χ1) is 9.29. The lowest BCUT2D eigenvalue weighted by atomic mass is 9.98. The van der Waals surface area contributed by atoms with Gasteiger partial charge in [0.25, 0.3) is 0 Å². The van der Waals surface area contributed by atoms with Gasteiger partial charge in [0.05, 0.1) is 10.7 Å². The summed E-state index contributed by atoms with van der Waals surface area (Å²) < 4.78 is 0. The van der Waals surface area contributed by atoms with Crippen LogP contribution in [-0.4, -0.2) is 17.6 Å². The maximum absolute atomic E-state index is 4.63. The second-order valence-electron chi connectivity index (χ2n) is 5.45. The Morgan fingerprint density at radius 1 is 1.37 bits per heavy atom. The minimum absolute atomic E-state index is 0.500. The van der Waals surface area contributed by atoms with E-state index in [0.29, 0.717) is 6.04 Å². The van der Waals surface area contributed by atoms with E-state index in [1.54, 1.807) is 16.9 Å². The average Bonchev–Trinajstić information content (AvgIpc) is 2.67. The highest BCUT2D eigenvalue weighted by molar-refractivity contribution is 7.09. The zero-order valence-electron chi connectivity index (χ0n) is 12.2. The first-order valence-corrected chi connectivity index (χ1v) is 8.51. The van der Waals surface area contributed by atoms with Crippen LogP contribution in [0, 0.1) is 6.92 Å². The highest BCUT2D eigenvalue weighted by Gasteiger charge is 2.16. The number of hydrogen-bond acceptors (Lipinski definition) is 3. The Morgan fingerprint density at radius 3 is 3.00 bits per heavy atom. The van der Waals surface area contributed by atoms with Crippen LogP contribution in [0.25, 0.3) is 0 Å². The molecule has 1 unspecified atom stereocenters. The van der Waals surface area contributed by atoms with Crippen LogP contribution in [0.2, 0.25) is 0 Å². The summed E-state index contributed by atoms with van der Waals surface area (Å²) in [6, 6.07) is 0.500. The molecule has 3 heteroatoms. The predicted molar refractivity (Wildman–Crippen MR) is 83.8 cm³/mol. The van der Waals surface area contributed by atoms with Crippen molar-refractivity contribution in [2.75, 3.05) is 6.54 Å². The lowest BCUT2D eigenvalue weighted by Gasteiger charge is -2.21. The van der Waals surface area contributed by atoms with Crippen molar-refractivity contribution in [1.29, 1.82) is 0 Å². The smallest absolute Gasteiger partial charge is 0.0897 e. The molecule has 1 aliphatic rings. The Morgan fingerprint density at radius 2 is 2.26 bits per heavy atom. The molecule has 1 aromatic rings. The summed E-state index contributed by atoms with van der Waals surface area (Å²) in [4.78, 5) is 4.63. The van der Waals surface area contributed by atoms with Gasteiger partial charge in [0, 0.05) is 17.8 Å². The first-order valence-electron chi connectivity index (χ1n) is 7.63. The largest absolute Gasteiger partial charge is 0.310 e. The first kappa shape index (κ1) is 14.7. The zero-order chi connectivity index (χ0) is 13.5. The second-order valence-corrected chi connectivity index (χ2v) is 6.51. The molecular formula is C16H26N2S. The van der Waals surface area contributed by atoms with Gasteiger partial charge in [-0.15, -0.1) is 11.3 Å². The van der Waals surface area contributed by atoms with Gasteiger partial charge < -0.3 is 5.32 Å². The molecule has 2 nitrogen and oxygen atoms in total. The molecule has 106 valence electrons. The molecule has 0 saturated carbocycles. The minimum atomic E-state index is 0.500. The Hall–Kier alpha value is -0.670. The monoisotopic (exact) mass is 278 g/mol. The molecule has 0 bridgehead atoms. The summed E-state index contributed by atoms with van der Waals surface area (Å²) in [6.45, 7) is 5.43. The molecule has 1 aliphatic carbocycles. The molecule has 0 spiro atoms. The van der Waals surface area contributed by atoms with Gasteiger partial charge >= 0.3 is 0 Å². The molecule has 19 heavy (non-hydrogen) atoms. The molecule has 0 aliphatic heterocycles. The van der Waals surface area contributed by atoms with Crippen LogP contribution in [0.1, 0.15) is 56.2 Å². The van der Waals surface area contributed by atoms with Crippen molar-refractivity contribution >= 4 is 11.3 Å². The van der Waals surface area contributed by atoms with Gasteiger partial charge in [-0.3, -0.25) is 0 Å². The van der Waals surface area contributed by atoms with E-state index in [4.69, 9.17) is 0 Å². The van der Waals surface area contributed by atoms with Crippen LogP contribution in [0.4, 0.5) is 0 Å². The van der Waals surface area contributed by atoms with Crippen molar-refractivity contribution in [2.24, 2.45) is 0 Å². The Balaban J connectivity index is 2.03. The molecular weight excluding hydrogens is 252 g/mol. The Labute approximate surface area is 121 Å². The van der Waals surface area contributed by atoms with Gasteiger partial charge in [0.2, 0.25) is 0 Å². The summed E-state index contributed by atoms with van der Waals surface area (Å²) in [5.74, 6) is 0. The van der Waals surface area contributed by atoms with Gasteiger partial charge in [-0.25, -0.2) is 4.98 Å². The lowest BCUT2D eigenvalue weighted by molar-refractivity contribution is 0.539. The highest BCUT2D eigenvalue weighted by atomic mass is 32.1. The standard InChI is InChI=1S/C16H26N2S/c1-3-10-17-16(11-15-12-19-13(2)18-15)14-8-6-4-5-7-9-14/h8,12,16-17H,3-7,9-11H2,1-2H3. The third kappa shape index (κ3) is 4.73. The number of hydrogen-bond donors (Lipinski definition) is 1. The number of nitrogens with one attached hydrogen (secondary N) is 1. The quantitative estimate of drug-likeness (QED) is 0.787. The topological polar surface area (TPSA) is 24.9 Å². The van der Waals surface area contributed by atoms with Gasteiger partial charge in [0.1, 0.15) is 0 Å². The number of thiazole rings is 1. The van der Waals surface area contributed by atoms with Crippen molar-refractivity contribution in [3.63, 3.8) is 0 Å². The SMILES string of the molecule is CCCNC(Cc1csc(C)n1)C1=CCCCCC1. The number of allylic oxidation sites excluding steroid dienone is 1. The van der Waals surface area contributed by atoms with Gasteiger partial charge in [0.15, 0.2) is 0 Å². The maximum Gasteiger partial charge on any atom is 0.0897 e. The summed E-state index contributed by atoms with van der Waals surface area (Å²) in [7, 11) is 0. The third-order valence-corrected chi connectivity index (χ3v) is 4.57. The van der Waals surface area contributed by atoms with Crippen LogP contribution < -0.4 is 5.32 Å². The second kappa shape index (κ2) is 7.81. The number of nitrogens with zero attached hydrogens (tertiary/aromatic N) is 1. The average molecular weight is 278 g/mol. The predicted octanol–water partition coefficient (Wildman–Crippen LogP) is 4.25. The molecule has 0 saturated heterocycles. The summed E-state index contributed by atoms with van der Waals surface area (Å²) >= 11 is 1.76. The molecule has 1 atom stereocenters. The lowest BCUT2D eigenvalue weighted by Crippen LogP contribution is -2.33. The van der Waals surface area contributed by atoms with Crippen LogP contribution in [0.5, 0.6) is 0 Å². The number of aryl methyl sites for hydroxylation is 1. The number of rotatable bonds is 6. The van der Waals surface area contributed by atoms with Crippen LogP contribution in [0.3, 0.4) is 0 Å².